The van der Waals surface area contributed by atoms with Crippen LogP contribution in [-0.4, -0.2) is 31.3 Å². The number of benzene rings is 4. The number of alkyl halides is 2. The Hall–Kier alpha value is -3.77. The molecule has 4 aromatic carbocycles. The molecular weight excluding hydrogens is 780 g/mol. The van der Waals surface area contributed by atoms with Crippen molar-refractivity contribution in [2.45, 2.75) is 26.1 Å². The zero-order valence-electron chi connectivity index (χ0n) is 26.9. The number of esters is 1. The number of nitrogens with zero attached hydrogens (tertiary/aromatic N) is 2. The van der Waals surface area contributed by atoms with Crippen LogP contribution in [0.4, 0.5) is 20.5 Å². The predicted molar refractivity (Wildman–Crippen MR) is 191 cm³/mol. The normalized spacial score (nSPS) is 11.8. The standard InChI is InChI=1S/C35H30BrCl2F2N2O7P/c1-4-46-50(44,47-5-2)35(39,40)28-16-6-22(18-29(28)36)21-42(25-11-17-30(37)31(38)19-25)34-41-20-32(49-34)23-7-12-26(13-8-23)48-27-14-9-24(10-15-27)33(43)45-3/h6-20H,4-5,21H2,1-3H3. The van der Waals surface area contributed by atoms with Crippen molar-refractivity contribution < 1.29 is 41.1 Å². The van der Waals surface area contributed by atoms with Crippen LogP contribution < -0.4 is 9.64 Å². The van der Waals surface area contributed by atoms with E-state index in [9.17, 15) is 9.36 Å². The number of halogens is 5. The number of methoxy groups -OCH3 is 1. The first-order valence-electron chi connectivity index (χ1n) is 15.1. The van der Waals surface area contributed by atoms with E-state index < -0.39 is 24.8 Å². The summed E-state index contributed by atoms with van der Waals surface area (Å²) in [7, 11) is -3.51. The second-order valence-corrected chi connectivity index (χ2v) is 14.3. The topological polar surface area (TPSA) is 100 Å². The Morgan fingerprint density at radius 1 is 0.920 bits per heavy atom. The summed E-state index contributed by atoms with van der Waals surface area (Å²) in [4.78, 5) is 17.9. The third-order valence-corrected chi connectivity index (χ3v) is 10.7. The molecule has 0 spiro atoms. The van der Waals surface area contributed by atoms with Crippen LogP contribution in [-0.2, 0) is 30.6 Å². The third kappa shape index (κ3) is 8.23. The SMILES string of the molecule is CCOP(=O)(OCC)C(F)(F)c1ccc(CN(c2ccc(Cl)c(Cl)c2)c2ncc(-c3ccc(Oc4ccc(C(=O)OC)cc4)cc3)o2)cc1Br. The molecular formula is C35H30BrCl2F2N2O7P. The number of aromatic nitrogens is 1. The maximum Gasteiger partial charge on any atom is 0.404 e. The second kappa shape index (κ2) is 16.1. The van der Waals surface area contributed by atoms with E-state index in [1.807, 2.05) is 0 Å². The molecule has 262 valence electrons. The van der Waals surface area contributed by atoms with Crippen LogP contribution in [0, 0.1) is 0 Å². The monoisotopic (exact) mass is 808 g/mol. The Kier molecular flexibility index (Phi) is 12.0. The minimum atomic E-state index is -4.82. The van der Waals surface area contributed by atoms with Crippen molar-refractivity contribution in [2.24, 2.45) is 0 Å². The molecule has 9 nitrogen and oxygen atoms in total. The van der Waals surface area contributed by atoms with Crippen LogP contribution in [0.1, 0.15) is 35.3 Å². The smallest absolute Gasteiger partial charge is 0.404 e. The van der Waals surface area contributed by atoms with Crippen molar-refractivity contribution in [1.82, 2.24) is 4.98 Å². The molecule has 5 aromatic rings. The summed E-state index contributed by atoms with van der Waals surface area (Å²) in [5.74, 6) is 1.09. The van der Waals surface area contributed by atoms with Gasteiger partial charge in [-0.3, -0.25) is 9.46 Å². The molecule has 0 aliphatic carbocycles. The average molecular weight is 810 g/mol. The summed E-state index contributed by atoms with van der Waals surface area (Å²) < 4.78 is 70.9. The van der Waals surface area contributed by atoms with Crippen molar-refractivity contribution >= 4 is 64.4 Å². The van der Waals surface area contributed by atoms with Gasteiger partial charge in [-0.15, -0.1) is 0 Å². The zero-order valence-corrected chi connectivity index (χ0v) is 30.9. The second-order valence-electron chi connectivity index (χ2n) is 10.5. The first-order valence-corrected chi connectivity index (χ1v) is 18.2. The van der Waals surface area contributed by atoms with Crippen LogP contribution in [0.25, 0.3) is 11.3 Å². The number of hydrogen-bond donors (Lipinski definition) is 0. The molecule has 0 aliphatic heterocycles. The summed E-state index contributed by atoms with van der Waals surface area (Å²) in [6.45, 7) is 2.60. The largest absolute Gasteiger partial charge is 0.465 e. The maximum atomic E-state index is 15.6. The van der Waals surface area contributed by atoms with Crippen LogP contribution in [0.2, 0.25) is 10.0 Å². The van der Waals surface area contributed by atoms with E-state index in [0.29, 0.717) is 44.7 Å². The van der Waals surface area contributed by atoms with Crippen LogP contribution in [0.15, 0.2) is 100 Å². The Morgan fingerprint density at radius 2 is 1.56 bits per heavy atom. The molecule has 0 bridgehead atoms. The van der Waals surface area contributed by atoms with Gasteiger partial charge in [0, 0.05) is 21.3 Å². The van der Waals surface area contributed by atoms with Gasteiger partial charge in [0.05, 0.1) is 48.7 Å². The minimum Gasteiger partial charge on any atom is -0.465 e. The average Bonchev–Trinajstić information content (AvgIpc) is 3.59. The third-order valence-electron chi connectivity index (χ3n) is 7.23. The van der Waals surface area contributed by atoms with E-state index in [1.165, 1.54) is 39.2 Å². The van der Waals surface area contributed by atoms with Gasteiger partial charge in [-0.25, -0.2) is 9.78 Å². The van der Waals surface area contributed by atoms with Gasteiger partial charge in [0.2, 0.25) is 0 Å². The Labute approximate surface area is 305 Å². The Balaban J connectivity index is 1.40. The number of ether oxygens (including phenoxy) is 2. The maximum absolute atomic E-state index is 15.6. The van der Waals surface area contributed by atoms with Crippen molar-refractivity contribution in [1.29, 1.82) is 0 Å². The fraction of sp³-hybridized carbons (Fsp3) is 0.200. The predicted octanol–water partition coefficient (Wildman–Crippen LogP) is 11.6. The van der Waals surface area contributed by atoms with E-state index in [2.05, 4.69) is 20.9 Å². The zero-order chi connectivity index (χ0) is 36.1. The van der Waals surface area contributed by atoms with E-state index in [1.54, 1.807) is 77.8 Å². The van der Waals surface area contributed by atoms with Crippen molar-refractivity contribution in [2.75, 3.05) is 25.2 Å². The van der Waals surface area contributed by atoms with Gasteiger partial charge in [-0.1, -0.05) is 51.3 Å². The highest BCUT2D eigenvalue weighted by Gasteiger charge is 2.55. The molecule has 5 rings (SSSR count). The van der Waals surface area contributed by atoms with Crippen molar-refractivity contribution in [3.63, 3.8) is 0 Å². The molecule has 0 atom stereocenters. The highest BCUT2D eigenvalue weighted by molar-refractivity contribution is 9.10. The van der Waals surface area contributed by atoms with E-state index in [-0.39, 0.29) is 35.3 Å². The van der Waals surface area contributed by atoms with Crippen LogP contribution >= 0.6 is 46.7 Å². The van der Waals surface area contributed by atoms with Gasteiger partial charge in [0.15, 0.2) is 5.76 Å². The fourth-order valence-electron chi connectivity index (χ4n) is 4.82. The first-order chi connectivity index (χ1) is 23.9. The quantitative estimate of drug-likeness (QED) is 0.0801. The molecule has 0 unspecified atom stereocenters. The summed E-state index contributed by atoms with van der Waals surface area (Å²) in [6.07, 6.45) is 1.56. The molecule has 0 saturated heterocycles. The molecule has 0 radical (unpaired) electrons. The lowest BCUT2D eigenvalue weighted by molar-refractivity contribution is 0.0354. The van der Waals surface area contributed by atoms with Gasteiger partial charge in [-0.2, -0.15) is 8.78 Å². The number of carbonyl (C=O) groups is 1. The lowest BCUT2D eigenvalue weighted by atomic mass is 10.1. The van der Waals surface area contributed by atoms with Crippen molar-refractivity contribution in [3.05, 3.63) is 122 Å². The number of carbonyl (C=O) groups excluding carboxylic acids is 1. The Morgan fingerprint density at radius 3 is 2.14 bits per heavy atom. The minimum absolute atomic E-state index is 0.00327. The van der Waals surface area contributed by atoms with Crippen LogP contribution in [0.3, 0.4) is 0 Å². The molecule has 50 heavy (non-hydrogen) atoms. The molecule has 15 heteroatoms. The summed E-state index contributed by atoms with van der Waals surface area (Å²) in [6, 6.07) is 23.0. The number of hydrogen-bond acceptors (Lipinski definition) is 9. The molecule has 1 heterocycles. The van der Waals surface area contributed by atoms with Gasteiger partial charge < -0.3 is 22.9 Å². The van der Waals surface area contributed by atoms with Crippen molar-refractivity contribution in [3.8, 4) is 22.8 Å². The highest BCUT2D eigenvalue weighted by atomic mass is 79.9. The molecule has 0 N–H and O–H groups in total. The molecule has 0 amide bonds. The molecule has 0 fully saturated rings. The van der Waals surface area contributed by atoms with E-state index in [4.69, 9.17) is 46.1 Å². The summed E-state index contributed by atoms with van der Waals surface area (Å²) in [5.41, 5.74) is -2.22. The fourth-order valence-corrected chi connectivity index (χ4v) is 7.51. The van der Waals surface area contributed by atoms with Gasteiger partial charge in [0.1, 0.15) is 11.5 Å². The summed E-state index contributed by atoms with van der Waals surface area (Å²) in [5, 5.41) is 0.628. The molecule has 0 saturated carbocycles. The number of anilines is 2. The molecule has 0 aliphatic rings. The van der Waals surface area contributed by atoms with Gasteiger partial charge in [-0.05, 0) is 92.2 Å². The summed E-state index contributed by atoms with van der Waals surface area (Å²) >= 11 is 15.8. The number of rotatable bonds is 14. The van der Waals surface area contributed by atoms with Gasteiger partial charge >= 0.3 is 25.2 Å². The highest BCUT2D eigenvalue weighted by Crippen LogP contribution is 2.67. The first kappa shape index (κ1) is 37.5. The van der Waals surface area contributed by atoms with Gasteiger partial charge in [0.25, 0.3) is 0 Å². The number of oxazole rings is 1. The van der Waals surface area contributed by atoms with E-state index in [0.717, 1.165) is 0 Å². The van der Waals surface area contributed by atoms with E-state index >= 15 is 8.78 Å². The molecule has 1 aromatic heterocycles. The van der Waals surface area contributed by atoms with Crippen LogP contribution in [0.5, 0.6) is 11.5 Å². The Bertz CT molecular complexity index is 2000. The lowest BCUT2D eigenvalue weighted by Crippen LogP contribution is -2.20. The lowest BCUT2D eigenvalue weighted by Gasteiger charge is -2.27.